The second kappa shape index (κ2) is 5.64. The van der Waals surface area contributed by atoms with E-state index in [9.17, 15) is 4.79 Å². The Morgan fingerprint density at radius 2 is 2.25 bits per heavy atom. The molecule has 1 heterocycles. The molecule has 0 radical (unpaired) electrons. The van der Waals surface area contributed by atoms with Crippen LogP contribution in [0, 0.1) is 0 Å². The van der Waals surface area contributed by atoms with E-state index in [4.69, 9.17) is 4.74 Å². The molecule has 1 unspecified atom stereocenters. The Balaban J connectivity index is 2.44. The average molecular weight is 228 g/mol. The molecule has 1 fully saturated rings. The Hall–Kier alpha value is -0.610. The summed E-state index contributed by atoms with van der Waals surface area (Å²) in [6.07, 6.45) is 3.18. The van der Waals surface area contributed by atoms with Crippen LogP contribution < -0.4 is 5.32 Å². The van der Waals surface area contributed by atoms with Crippen molar-refractivity contribution in [2.24, 2.45) is 0 Å². The van der Waals surface area contributed by atoms with Crippen LogP contribution in [-0.2, 0) is 9.53 Å². The van der Waals surface area contributed by atoms with Gasteiger partial charge < -0.3 is 9.64 Å². The summed E-state index contributed by atoms with van der Waals surface area (Å²) in [7, 11) is 1.68. The number of nitrogens with zero attached hydrogens (tertiary/aromatic N) is 1. The van der Waals surface area contributed by atoms with Crippen LogP contribution in [-0.4, -0.2) is 42.8 Å². The molecule has 1 atom stereocenters. The van der Waals surface area contributed by atoms with Crippen LogP contribution >= 0.6 is 0 Å². The van der Waals surface area contributed by atoms with Crippen molar-refractivity contribution in [2.45, 2.75) is 51.7 Å². The van der Waals surface area contributed by atoms with E-state index >= 15 is 0 Å². The lowest BCUT2D eigenvalue weighted by Crippen LogP contribution is -2.42. The second-order valence-electron chi connectivity index (χ2n) is 5.06. The molecule has 0 saturated carbocycles. The van der Waals surface area contributed by atoms with Crippen molar-refractivity contribution in [3.8, 4) is 0 Å². The fraction of sp³-hybridized carbons (Fsp3) is 0.917. The molecule has 0 spiro atoms. The molecule has 0 aromatic rings. The van der Waals surface area contributed by atoms with E-state index in [1.54, 1.807) is 7.11 Å². The summed E-state index contributed by atoms with van der Waals surface area (Å²) in [6.45, 7) is 7.45. The maximum atomic E-state index is 12.0. The Bertz CT molecular complexity index is 241. The molecule has 4 heteroatoms. The first kappa shape index (κ1) is 13.5. The summed E-state index contributed by atoms with van der Waals surface area (Å²) >= 11 is 0. The minimum absolute atomic E-state index is 0.0209. The Kier molecular flexibility index (Phi) is 4.74. The van der Waals surface area contributed by atoms with E-state index in [0.717, 1.165) is 19.3 Å². The summed E-state index contributed by atoms with van der Waals surface area (Å²) in [5, 5.41) is 3.26. The van der Waals surface area contributed by atoms with Gasteiger partial charge in [-0.2, -0.15) is 0 Å². The van der Waals surface area contributed by atoms with E-state index in [1.165, 1.54) is 0 Å². The van der Waals surface area contributed by atoms with Gasteiger partial charge in [0.15, 0.2) is 0 Å². The highest BCUT2D eigenvalue weighted by Crippen LogP contribution is 2.15. The van der Waals surface area contributed by atoms with E-state index < -0.39 is 0 Å². The maximum absolute atomic E-state index is 12.0. The lowest BCUT2D eigenvalue weighted by Gasteiger charge is -2.28. The van der Waals surface area contributed by atoms with Crippen LogP contribution in [0.2, 0.25) is 0 Å². The molecule has 16 heavy (non-hydrogen) atoms. The zero-order valence-corrected chi connectivity index (χ0v) is 10.9. The van der Waals surface area contributed by atoms with Crippen molar-refractivity contribution < 1.29 is 9.53 Å². The van der Waals surface area contributed by atoms with Gasteiger partial charge in [0.1, 0.15) is 0 Å². The van der Waals surface area contributed by atoms with Gasteiger partial charge in [0.2, 0.25) is 5.91 Å². The van der Waals surface area contributed by atoms with Crippen LogP contribution in [0.15, 0.2) is 0 Å². The van der Waals surface area contributed by atoms with Gasteiger partial charge in [0.05, 0.1) is 24.9 Å². The first-order valence-corrected chi connectivity index (χ1v) is 6.07. The molecule has 1 amide bonds. The van der Waals surface area contributed by atoms with Gasteiger partial charge in [0, 0.05) is 7.11 Å². The largest absolute Gasteiger partial charge is 0.377 e. The van der Waals surface area contributed by atoms with Crippen LogP contribution in [0.1, 0.15) is 40.0 Å². The number of rotatable bonds is 6. The van der Waals surface area contributed by atoms with Gasteiger partial charge in [-0.1, -0.05) is 19.8 Å². The highest BCUT2D eigenvalue weighted by molar-refractivity contribution is 5.83. The third-order valence-corrected chi connectivity index (χ3v) is 3.11. The molecule has 1 rings (SSSR count). The van der Waals surface area contributed by atoms with Crippen molar-refractivity contribution in [3.63, 3.8) is 0 Å². The number of carbonyl (C=O) groups excluding carboxylic acids is 1. The summed E-state index contributed by atoms with van der Waals surface area (Å²) in [5.74, 6) is 0.221. The monoisotopic (exact) mass is 228 g/mol. The van der Waals surface area contributed by atoms with Crippen LogP contribution in [0.4, 0.5) is 0 Å². The van der Waals surface area contributed by atoms with Crippen molar-refractivity contribution in [1.82, 2.24) is 10.2 Å². The minimum Gasteiger partial charge on any atom is -0.377 e. The highest BCUT2D eigenvalue weighted by atomic mass is 16.5. The van der Waals surface area contributed by atoms with Gasteiger partial charge in [0.25, 0.3) is 0 Å². The summed E-state index contributed by atoms with van der Waals surface area (Å²) in [6, 6.07) is 0.0209. The van der Waals surface area contributed by atoms with E-state index in [0.29, 0.717) is 13.2 Å². The molecule has 0 bridgehead atoms. The number of amides is 1. The van der Waals surface area contributed by atoms with Gasteiger partial charge >= 0.3 is 0 Å². The Morgan fingerprint density at radius 3 is 2.81 bits per heavy atom. The highest BCUT2D eigenvalue weighted by Gasteiger charge is 2.33. The van der Waals surface area contributed by atoms with E-state index in [2.05, 4.69) is 12.2 Å². The summed E-state index contributed by atoms with van der Waals surface area (Å²) in [5.41, 5.74) is -0.267. The standard InChI is InChI=1S/C12H24N2O2/c1-5-6-7-10-11(15)14(9-13-10)8-12(2,3)16-4/h10,13H,5-9H2,1-4H3. The number of carbonyl (C=O) groups is 1. The number of ether oxygens (including phenoxy) is 1. The molecule has 0 aromatic carbocycles. The SMILES string of the molecule is CCCCC1NCN(CC(C)(C)OC)C1=O. The zero-order chi connectivity index (χ0) is 12.2. The topological polar surface area (TPSA) is 41.6 Å². The van der Waals surface area contributed by atoms with Crippen LogP contribution in [0.25, 0.3) is 0 Å². The molecular formula is C12H24N2O2. The fourth-order valence-corrected chi connectivity index (χ4v) is 1.90. The number of hydrogen-bond donors (Lipinski definition) is 1. The van der Waals surface area contributed by atoms with Crippen LogP contribution in [0.3, 0.4) is 0 Å². The molecule has 0 aliphatic carbocycles. The predicted octanol–water partition coefficient (Wildman–Crippen LogP) is 1.36. The van der Waals surface area contributed by atoms with Gasteiger partial charge in [-0.05, 0) is 20.3 Å². The van der Waals surface area contributed by atoms with Crippen molar-refractivity contribution >= 4 is 5.91 Å². The third-order valence-electron chi connectivity index (χ3n) is 3.11. The van der Waals surface area contributed by atoms with Gasteiger partial charge in [-0.25, -0.2) is 0 Å². The van der Waals surface area contributed by atoms with Gasteiger partial charge in [-0.15, -0.1) is 0 Å². The normalized spacial score (nSPS) is 21.9. The molecule has 1 N–H and O–H groups in total. The Morgan fingerprint density at radius 1 is 1.56 bits per heavy atom. The zero-order valence-electron chi connectivity index (χ0n) is 10.9. The molecule has 4 nitrogen and oxygen atoms in total. The van der Waals surface area contributed by atoms with E-state index in [-0.39, 0.29) is 17.6 Å². The number of unbranched alkanes of at least 4 members (excludes halogenated alkanes) is 1. The van der Waals surface area contributed by atoms with Crippen molar-refractivity contribution in [3.05, 3.63) is 0 Å². The molecule has 0 aromatic heterocycles. The Labute approximate surface area is 98.3 Å². The quantitative estimate of drug-likeness (QED) is 0.746. The van der Waals surface area contributed by atoms with E-state index in [1.807, 2.05) is 18.7 Å². The average Bonchev–Trinajstić information content (AvgIpc) is 2.57. The molecule has 1 aliphatic rings. The molecular weight excluding hydrogens is 204 g/mol. The third kappa shape index (κ3) is 3.46. The summed E-state index contributed by atoms with van der Waals surface area (Å²) < 4.78 is 5.34. The fourth-order valence-electron chi connectivity index (χ4n) is 1.90. The lowest BCUT2D eigenvalue weighted by molar-refractivity contribution is -0.132. The number of hydrogen-bond acceptors (Lipinski definition) is 3. The van der Waals surface area contributed by atoms with Crippen molar-refractivity contribution in [2.75, 3.05) is 20.3 Å². The first-order valence-electron chi connectivity index (χ1n) is 6.07. The number of methoxy groups -OCH3 is 1. The predicted molar refractivity (Wildman–Crippen MR) is 64.1 cm³/mol. The molecule has 94 valence electrons. The number of nitrogens with one attached hydrogen (secondary N) is 1. The molecule has 1 aliphatic heterocycles. The van der Waals surface area contributed by atoms with Crippen molar-refractivity contribution in [1.29, 1.82) is 0 Å². The second-order valence-corrected chi connectivity index (χ2v) is 5.06. The lowest BCUT2D eigenvalue weighted by atomic mass is 10.1. The van der Waals surface area contributed by atoms with Crippen LogP contribution in [0.5, 0.6) is 0 Å². The molecule has 1 saturated heterocycles. The minimum atomic E-state index is -0.267. The smallest absolute Gasteiger partial charge is 0.240 e. The first-order chi connectivity index (χ1) is 7.50. The summed E-state index contributed by atoms with van der Waals surface area (Å²) in [4.78, 5) is 13.9. The van der Waals surface area contributed by atoms with Gasteiger partial charge in [-0.3, -0.25) is 10.1 Å². The maximum Gasteiger partial charge on any atom is 0.240 e.